The van der Waals surface area contributed by atoms with E-state index in [4.69, 9.17) is 4.74 Å². The zero-order chi connectivity index (χ0) is 21.8. The molecule has 0 unspecified atom stereocenters. The van der Waals surface area contributed by atoms with Crippen molar-refractivity contribution in [1.29, 1.82) is 0 Å². The molecule has 0 aliphatic heterocycles. The van der Waals surface area contributed by atoms with E-state index in [0.29, 0.717) is 11.6 Å². The number of hydrogen-bond donors (Lipinski definition) is 1. The van der Waals surface area contributed by atoms with Crippen molar-refractivity contribution >= 4 is 21.4 Å². The van der Waals surface area contributed by atoms with Gasteiger partial charge in [0.2, 0.25) is 5.88 Å². The second kappa shape index (κ2) is 8.24. The van der Waals surface area contributed by atoms with Crippen LogP contribution in [0.15, 0.2) is 90.1 Å². The first kappa shape index (κ1) is 20.0. The first-order valence-corrected chi connectivity index (χ1v) is 10.4. The molecule has 0 bridgehead atoms. The van der Waals surface area contributed by atoms with Crippen LogP contribution in [0, 0.1) is 10.1 Å². The number of benzene rings is 2. The lowest BCUT2D eigenvalue weighted by atomic mass is 10.3. The Hall–Kier alpha value is -4.25. The van der Waals surface area contributed by atoms with Gasteiger partial charge in [0.25, 0.3) is 15.7 Å². The van der Waals surface area contributed by atoms with Crippen LogP contribution in [0.5, 0.6) is 11.6 Å². The molecule has 4 aromatic rings. The predicted octanol–water partition coefficient (Wildman–Crippen LogP) is 3.77. The van der Waals surface area contributed by atoms with Crippen molar-refractivity contribution in [3.05, 3.63) is 95.3 Å². The van der Waals surface area contributed by atoms with E-state index in [0.717, 1.165) is 6.07 Å². The normalized spacial score (nSPS) is 11.1. The summed E-state index contributed by atoms with van der Waals surface area (Å²) >= 11 is 0. The Labute approximate surface area is 177 Å². The van der Waals surface area contributed by atoms with Crippen LogP contribution < -0.4 is 9.46 Å². The molecule has 0 spiro atoms. The standard InChI is InChI=1S/C20H15N5O5S/c26-25(27)16-4-3-5-18(14-16)31(28,29)23-15-6-8-17(9-7-15)30-20-11-10-19(21-22-20)24-12-1-2-13-24/h1-14,23H. The number of nitro groups is 1. The first-order valence-electron chi connectivity index (χ1n) is 8.93. The second-order valence-electron chi connectivity index (χ2n) is 6.31. The van der Waals surface area contributed by atoms with Crippen molar-refractivity contribution in [3.8, 4) is 17.4 Å². The Morgan fingerprint density at radius 3 is 2.32 bits per heavy atom. The molecule has 0 radical (unpaired) electrons. The molecule has 10 nitrogen and oxygen atoms in total. The van der Waals surface area contributed by atoms with Crippen LogP contribution in [0.25, 0.3) is 5.82 Å². The fourth-order valence-electron chi connectivity index (χ4n) is 2.68. The number of hydrogen-bond acceptors (Lipinski definition) is 7. The number of sulfonamides is 1. The predicted molar refractivity (Wildman–Crippen MR) is 112 cm³/mol. The fraction of sp³-hybridized carbons (Fsp3) is 0. The van der Waals surface area contributed by atoms with Crippen LogP contribution in [-0.2, 0) is 10.0 Å². The Bertz CT molecular complexity index is 1310. The van der Waals surface area contributed by atoms with Crippen LogP contribution in [0.4, 0.5) is 11.4 Å². The number of nitro benzene ring substituents is 1. The third kappa shape index (κ3) is 4.67. The molecule has 0 aliphatic rings. The van der Waals surface area contributed by atoms with Crippen molar-refractivity contribution < 1.29 is 18.1 Å². The highest BCUT2D eigenvalue weighted by Gasteiger charge is 2.17. The van der Waals surface area contributed by atoms with Gasteiger partial charge < -0.3 is 9.30 Å². The first-order chi connectivity index (χ1) is 14.9. The maximum atomic E-state index is 12.5. The Morgan fingerprint density at radius 1 is 0.935 bits per heavy atom. The molecular formula is C20H15N5O5S. The van der Waals surface area contributed by atoms with E-state index in [-0.39, 0.29) is 22.2 Å². The van der Waals surface area contributed by atoms with Gasteiger partial charge in [-0.05, 0) is 48.5 Å². The summed E-state index contributed by atoms with van der Waals surface area (Å²) in [6.07, 6.45) is 3.69. The molecule has 1 N–H and O–H groups in total. The van der Waals surface area contributed by atoms with Crippen molar-refractivity contribution in [2.45, 2.75) is 4.90 Å². The maximum absolute atomic E-state index is 12.5. The van der Waals surface area contributed by atoms with Gasteiger partial charge in [0, 0.05) is 36.3 Å². The Morgan fingerprint density at radius 2 is 1.68 bits per heavy atom. The average Bonchev–Trinajstić information content (AvgIpc) is 3.30. The van der Waals surface area contributed by atoms with E-state index < -0.39 is 14.9 Å². The highest BCUT2D eigenvalue weighted by molar-refractivity contribution is 7.92. The van der Waals surface area contributed by atoms with E-state index in [1.54, 1.807) is 28.8 Å². The van der Waals surface area contributed by atoms with Gasteiger partial charge in [0.05, 0.1) is 9.82 Å². The van der Waals surface area contributed by atoms with Crippen molar-refractivity contribution in [2.24, 2.45) is 0 Å². The Balaban J connectivity index is 1.44. The zero-order valence-electron chi connectivity index (χ0n) is 15.8. The highest BCUT2D eigenvalue weighted by atomic mass is 32.2. The van der Waals surface area contributed by atoms with Gasteiger partial charge in [-0.15, -0.1) is 10.2 Å². The highest BCUT2D eigenvalue weighted by Crippen LogP contribution is 2.24. The summed E-state index contributed by atoms with van der Waals surface area (Å²) < 4.78 is 34.8. The quantitative estimate of drug-likeness (QED) is 0.344. The maximum Gasteiger partial charge on any atom is 0.270 e. The van der Waals surface area contributed by atoms with E-state index in [1.165, 1.54) is 30.3 Å². The van der Waals surface area contributed by atoms with Gasteiger partial charge >= 0.3 is 0 Å². The van der Waals surface area contributed by atoms with Crippen LogP contribution in [0.2, 0.25) is 0 Å². The molecule has 0 amide bonds. The molecule has 11 heteroatoms. The summed E-state index contributed by atoms with van der Waals surface area (Å²) in [6, 6.07) is 18.1. The average molecular weight is 437 g/mol. The molecule has 0 saturated heterocycles. The van der Waals surface area contributed by atoms with E-state index in [1.807, 2.05) is 24.5 Å². The van der Waals surface area contributed by atoms with Crippen molar-refractivity contribution in [3.63, 3.8) is 0 Å². The van der Waals surface area contributed by atoms with Crippen molar-refractivity contribution in [2.75, 3.05) is 4.72 Å². The summed E-state index contributed by atoms with van der Waals surface area (Å²) in [4.78, 5) is 10.0. The molecule has 156 valence electrons. The molecule has 0 aliphatic carbocycles. The molecule has 2 aromatic carbocycles. The molecular weight excluding hydrogens is 422 g/mol. The minimum atomic E-state index is -3.99. The van der Waals surface area contributed by atoms with Gasteiger partial charge in [0.1, 0.15) is 5.75 Å². The lowest BCUT2D eigenvalue weighted by Crippen LogP contribution is -2.13. The van der Waals surface area contributed by atoms with Gasteiger partial charge in [-0.1, -0.05) is 6.07 Å². The number of rotatable bonds is 7. The van der Waals surface area contributed by atoms with Crippen LogP contribution in [-0.4, -0.2) is 28.1 Å². The van der Waals surface area contributed by atoms with Gasteiger partial charge in [-0.2, -0.15) is 0 Å². The molecule has 31 heavy (non-hydrogen) atoms. The summed E-state index contributed by atoms with van der Waals surface area (Å²) in [5.74, 6) is 1.35. The molecule has 0 atom stereocenters. The Kier molecular flexibility index (Phi) is 5.33. The van der Waals surface area contributed by atoms with Crippen LogP contribution in [0.3, 0.4) is 0 Å². The lowest BCUT2D eigenvalue weighted by Gasteiger charge is -2.09. The number of nitrogens with zero attached hydrogens (tertiary/aromatic N) is 4. The monoisotopic (exact) mass is 437 g/mol. The minimum absolute atomic E-state index is 0.208. The largest absolute Gasteiger partial charge is 0.438 e. The third-order valence-corrected chi connectivity index (χ3v) is 5.54. The number of ether oxygens (including phenoxy) is 1. The van der Waals surface area contributed by atoms with Gasteiger partial charge in [-0.25, -0.2) is 8.42 Å². The summed E-state index contributed by atoms with van der Waals surface area (Å²) in [5, 5.41) is 19.0. The van der Waals surface area contributed by atoms with Gasteiger partial charge in [-0.3, -0.25) is 14.8 Å². The number of non-ortho nitro benzene ring substituents is 1. The fourth-order valence-corrected chi connectivity index (χ4v) is 3.78. The van der Waals surface area contributed by atoms with Crippen molar-refractivity contribution in [1.82, 2.24) is 14.8 Å². The topological polar surface area (TPSA) is 129 Å². The van der Waals surface area contributed by atoms with Crippen LogP contribution in [0.1, 0.15) is 0 Å². The molecule has 4 rings (SSSR count). The number of anilines is 1. The number of nitrogens with one attached hydrogen (secondary N) is 1. The third-order valence-electron chi connectivity index (χ3n) is 4.16. The minimum Gasteiger partial charge on any atom is -0.438 e. The summed E-state index contributed by atoms with van der Waals surface area (Å²) in [6.45, 7) is 0. The molecule has 2 aromatic heterocycles. The second-order valence-corrected chi connectivity index (χ2v) is 7.99. The van der Waals surface area contributed by atoms with Crippen LogP contribution >= 0.6 is 0 Å². The van der Waals surface area contributed by atoms with E-state index in [2.05, 4.69) is 14.9 Å². The van der Waals surface area contributed by atoms with Gasteiger partial charge in [0.15, 0.2) is 5.82 Å². The van der Waals surface area contributed by atoms with E-state index >= 15 is 0 Å². The SMILES string of the molecule is O=[N+]([O-])c1cccc(S(=O)(=O)Nc2ccc(Oc3ccc(-n4cccc4)nn3)cc2)c1. The molecule has 2 heterocycles. The zero-order valence-corrected chi connectivity index (χ0v) is 16.6. The number of aromatic nitrogens is 3. The molecule has 0 fully saturated rings. The lowest BCUT2D eigenvalue weighted by molar-refractivity contribution is -0.385. The smallest absolute Gasteiger partial charge is 0.270 e. The summed E-state index contributed by atoms with van der Waals surface area (Å²) in [7, 11) is -3.99. The summed E-state index contributed by atoms with van der Waals surface area (Å²) in [5.41, 5.74) is -0.0385. The van der Waals surface area contributed by atoms with E-state index in [9.17, 15) is 18.5 Å². The molecule has 0 saturated carbocycles.